The minimum absolute atomic E-state index is 0.272. The quantitative estimate of drug-likeness (QED) is 0.837. The summed E-state index contributed by atoms with van der Waals surface area (Å²) in [5, 5.41) is 5.11. The maximum absolute atomic E-state index is 13.0. The molecule has 0 aromatic heterocycles. The van der Waals surface area contributed by atoms with Crippen molar-refractivity contribution < 1.29 is 18.7 Å². The van der Waals surface area contributed by atoms with Gasteiger partial charge in [-0.1, -0.05) is 12.1 Å². The van der Waals surface area contributed by atoms with Crippen LogP contribution in [0.15, 0.2) is 46.9 Å². The molecule has 0 bridgehead atoms. The molecule has 0 aliphatic heterocycles. The smallest absolute Gasteiger partial charge is 0.262 e. The highest BCUT2D eigenvalue weighted by atomic mass is 79.9. The van der Waals surface area contributed by atoms with Gasteiger partial charge in [-0.25, -0.2) is 4.39 Å². The highest BCUT2D eigenvalue weighted by Gasteiger charge is 2.12. The first kappa shape index (κ1) is 17.0. The second kappa shape index (κ2) is 7.73. The van der Waals surface area contributed by atoms with Crippen LogP contribution in [-0.4, -0.2) is 25.5 Å². The van der Waals surface area contributed by atoms with Crippen molar-refractivity contribution in [1.82, 2.24) is 5.32 Å². The van der Waals surface area contributed by atoms with E-state index in [4.69, 9.17) is 4.74 Å². The molecule has 120 valence electrons. The molecule has 0 aliphatic rings. The lowest BCUT2D eigenvalue weighted by Crippen LogP contribution is -2.24. The molecule has 2 N–H and O–H groups in total. The van der Waals surface area contributed by atoms with Crippen LogP contribution in [0.25, 0.3) is 0 Å². The number of para-hydroxylation sites is 1. The molecule has 2 rings (SSSR count). The van der Waals surface area contributed by atoms with Crippen molar-refractivity contribution in [3.63, 3.8) is 0 Å². The molecule has 2 amide bonds. The first-order valence-corrected chi connectivity index (χ1v) is 7.49. The molecular weight excluding hydrogens is 367 g/mol. The van der Waals surface area contributed by atoms with Gasteiger partial charge < -0.3 is 15.4 Å². The number of carbonyl (C=O) groups excluding carboxylic acids is 2. The van der Waals surface area contributed by atoms with Gasteiger partial charge in [0.1, 0.15) is 11.6 Å². The Bertz CT molecular complexity index is 737. The van der Waals surface area contributed by atoms with Crippen molar-refractivity contribution in [2.24, 2.45) is 0 Å². The molecule has 0 spiro atoms. The molecular formula is C16H14BrFN2O3. The van der Waals surface area contributed by atoms with Crippen molar-refractivity contribution in [3.8, 4) is 5.75 Å². The third kappa shape index (κ3) is 4.53. The van der Waals surface area contributed by atoms with Gasteiger partial charge in [-0.05, 0) is 46.3 Å². The molecule has 0 atom stereocenters. The monoisotopic (exact) mass is 380 g/mol. The first-order chi connectivity index (χ1) is 11.0. The molecule has 0 heterocycles. The highest BCUT2D eigenvalue weighted by Crippen LogP contribution is 2.25. The van der Waals surface area contributed by atoms with E-state index in [1.807, 2.05) is 0 Å². The summed E-state index contributed by atoms with van der Waals surface area (Å²) in [7, 11) is 1.51. The van der Waals surface area contributed by atoms with Crippen molar-refractivity contribution >= 4 is 33.4 Å². The lowest BCUT2D eigenvalue weighted by Gasteiger charge is -2.11. The second-order valence-electron chi connectivity index (χ2n) is 4.54. The Hall–Kier alpha value is -2.41. The molecule has 0 fully saturated rings. The predicted molar refractivity (Wildman–Crippen MR) is 88.1 cm³/mol. The maximum Gasteiger partial charge on any atom is 0.262 e. The molecule has 0 saturated heterocycles. The average Bonchev–Trinajstić information content (AvgIpc) is 2.54. The standard InChI is InChI=1S/C16H14BrFN2O3/c1-19-16(22)11-4-2-3-5-13(11)20-15(21)9-23-14-7-6-10(18)8-12(14)17/h2-8H,9H2,1H3,(H,19,22)(H,20,21). The molecule has 23 heavy (non-hydrogen) atoms. The van der Waals surface area contributed by atoms with E-state index in [1.165, 1.54) is 25.2 Å². The van der Waals surface area contributed by atoms with E-state index in [0.29, 0.717) is 21.5 Å². The zero-order valence-corrected chi connectivity index (χ0v) is 13.8. The fourth-order valence-electron chi connectivity index (χ4n) is 1.85. The number of carbonyl (C=O) groups is 2. The molecule has 2 aromatic rings. The Morgan fingerprint density at radius 3 is 2.65 bits per heavy atom. The van der Waals surface area contributed by atoms with E-state index in [0.717, 1.165) is 0 Å². The largest absolute Gasteiger partial charge is 0.483 e. The summed E-state index contributed by atoms with van der Waals surface area (Å²) in [6.45, 7) is -0.272. The van der Waals surface area contributed by atoms with Gasteiger partial charge in [-0.2, -0.15) is 0 Å². The maximum atomic E-state index is 13.0. The Kier molecular flexibility index (Phi) is 5.70. The van der Waals surface area contributed by atoms with Crippen LogP contribution in [0, 0.1) is 5.82 Å². The van der Waals surface area contributed by atoms with Crippen molar-refractivity contribution in [2.75, 3.05) is 19.0 Å². The van der Waals surface area contributed by atoms with Crippen molar-refractivity contribution in [1.29, 1.82) is 0 Å². The van der Waals surface area contributed by atoms with Gasteiger partial charge in [0.2, 0.25) is 0 Å². The van der Waals surface area contributed by atoms with E-state index < -0.39 is 11.7 Å². The number of hydrogen-bond acceptors (Lipinski definition) is 3. The number of nitrogens with one attached hydrogen (secondary N) is 2. The summed E-state index contributed by atoms with van der Waals surface area (Å²) in [4.78, 5) is 23.7. The van der Waals surface area contributed by atoms with Crippen LogP contribution < -0.4 is 15.4 Å². The number of amides is 2. The number of rotatable bonds is 5. The summed E-state index contributed by atoms with van der Waals surface area (Å²) in [6, 6.07) is 10.5. The van der Waals surface area contributed by atoms with Crippen LogP contribution in [0.4, 0.5) is 10.1 Å². The fourth-order valence-corrected chi connectivity index (χ4v) is 2.31. The van der Waals surface area contributed by atoms with Crippen LogP contribution in [0.1, 0.15) is 10.4 Å². The van der Waals surface area contributed by atoms with Gasteiger partial charge in [0, 0.05) is 7.05 Å². The molecule has 0 unspecified atom stereocenters. The molecule has 7 heteroatoms. The predicted octanol–water partition coefficient (Wildman–Crippen LogP) is 2.97. The highest BCUT2D eigenvalue weighted by molar-refractivity contribution is 9.10. The summed E-state index contributed by atoms with van der Waals surface area (Å²) in [5.74, 6) is -0.796. The van der Waals surface area contributed by atoms with Crippen LogP contribution in [0.3, 0.4) is 0 Å². The fraction of sp³-hybridized carbons (Fsp3) is 0.125. The lowest BCUT2D eigenvalue weighted by molar-refractivity contribution is -0.118. The summed E-state index contributed by atoms with van der Waals surface area (Å²) < 4.78 is 18.7. The number of hydrogen-bond donors (Lipinski definition) is 2. The molecule has 0 saturated carbocycles. The number of halogens is 2. The molecule has 5 nitrogen and oxygen atoms in total. The minimum Gasteiger partial charge on any atom is -0.483 e. The number of anilines is 1. The SMILES string of the molecule is CNC(=O)c1ccccc1NC(=O)COc1ccc(F)cc1Br. The lowest BCUT2D eigenvalue weighted by atomic mass is 10.1. The van der Waals surface area contributed by atoms with Gasteiger partial charge in [0.25, 0.3) is 11.8 Å². The van der Waals surface area contributed by atoms with Gasteiger partial charge in [-0.15, -0.1) is 0 Å². The zero-order chi connectivity index (χ0) is 16.8. The van der Waals surface area contributed by atoms with E-state index in [9.17, 15) is 14.0 Å². The Balaban J connectivity index is 2.01. The molecule has 0 radical (unpaired) electrons. The molecule has 2 aromatic carbocycles. The average molecular weight is 381 g/mol. The number of ether oxygens (including phenoxy) is 1. The third-order valence-corrected chi connectivity index (χ3v) is 3.55. The normalized spacial score (nSPS) is 10.0. The minimum atomic E-state index is -0.433. The Morgan fingerprint density at radius 2 is 1.96 bits per heavy atom. The van der Waals surface area contributed by atoms with E-state index >= 15 is 0 Å². The van der Waals surface area contributed by atoms with E-state index in [1.54, 1.807) is 24.3 Å². The van der Waals surface area contributed by atoms with E-state index in [2.05, 4.69) is 26.6 Å². The first-order valence-electron chi connectivity index (χ1n) is 6.70. The van der Waals surface area contributed by atoms with Crippen LogP contribution in [-0.2, 0) is 4.79 Å². The van der Waals surface area contributed by atoms with E-state index in [-0.39, 0.29) is 12.5 Å². The van der Waals surface area contributed by atoms with Crippen molar-refractivity contribution in [3.05, 3.63) is 58.3 Å². The summed E-state index contributed by atoms with van der Waals surface area (Å²) >= 11 is 3.15. The Labute approximate surface area is 141 Å². The Morgan fingerprint density at radius 1 is 1.22 bits per heavy atom. The van der Waals surface area contributed by atoms with Crippen LogP contribution in [0.5, 0.6) is 5.75 Å². The van der Waals surface area contributed by atoms with Crippen molar-refractivity contribution in [2.45, 2.75) is 0 Å². The summed E-state index contributed by atoms with van der Waals surface area (Å²) in [5.41, 5.74) is 0.741. The van der Waals surface area contributed by atoms with Gasteiger partial charge >= 0.3 is 0 Å². The van der Waals surface area contributed by atoms with Crippen LogP contribution >= 0.6 is 15.9 Å². The van der Waals surface area contributed by atoms with Gasteiger partial charge in [-0.3, -0.25) is 9.59 Å². The molecule has 0 aliphatic carbocycles. The summed E-state index contributed by atoms with van der Waals surface area (Å²) in [6.07, 6.45) is 0. The zero-order valence-electron chi connectivity index (χ0n) is 12.2. The van der Waals surface area contributed by atoms with Gasteiger partial charge in [0.15, 0.2) is 6.61 Å². The second-order valence-corrected chi connectivity index (χ2v) is 5.39. The topological polar surface area (TPSA) is 67.4 Å². The number of benzene rings is 2. The van der Waals surface area contributed by atoms with Gasteiger partial charge in [0.05, 0.1) is 15.7 Å². The van der Waals surface area contributed by atoms with Crippen LogP contribution in [0.2, 0.25) is 0 Å². The third-order valence-electron chi connectivity index (χ3n) is 2.93.